The van der Waals surface area contributed by atoms with Crippen molar-refractivity contribution in [3.8, 4) is 0 Å². The van der Waals surface area contributed by atoms with E-state index in [2.05, 4.69) is 15.1 Å². The van der Waals surface area contributed by atoms with Crippen molar-refractivity contribution in [1.82, 2.24) is 15.1 Å². The Bertz CT molecular complexity index is 919. The molecular formula is C17H17N3O3S. The second-order valence-corrected chi connectivity index (χ2v) is 7.67. The van der Waals surface area contributed by atoms with Crippen LogP contribution in [0.25, 0.3) is 0 Å². The standard InChI is InChI=1S/C17H17N3O3S/c1-12(14-5-7-15(8-6-14)24(2,21)22)17-19-16(20-23-17)10-13-4-3-9-18-11-13/h3-9,11-12H,10H2,1-2H3. The molecule has 6 nitrogen and oxygen atoms in total. The lowest BCUT2D eigenvalue weighted by Gasteiger charge is -2.07. The minimum absolute atomic E-state index is 0.117. The van der Waals surface area contributed by atoms with Crippen LogP contribution < -0.4 is 0 Å². The third-order valence-corrected chi connectivity index (χ3v) is 4.88. The highest BCUT2D eigenvalue weighted by atomic mass is 32.2. The van der Waals surface area contributed by atoms with Gasteiger partial charge in [0.25, 0.3) is 0 Å². The van der Waals surface area contributed by atoms with E-state index in [4.69, 9.17) is 4.52 Å². The van der Waals surface area contributed by atoms with Crippen LogP contribution in [0.5, 0.6) is 0 Å². The Balaban J connectivity index is 1.77. The molecule has 2 aromatic heterocycles. The number of sulfone groups is 1. The van der Waals surface area contributed by atoms with Crippen LogP contribution in [0.1, 0.15) is 35.7 Å². The first-order chi connectivity index (χ1) is 11.4. The van der Waals surface area contributed by atoms with E-state index in [1.165, 1.54) is 6.26 Å². The molecule has 1 aromatic carbocycles. The minimum atomic E-state index is -3.20. The number of nitrogens with zero attached hydrogens (tertiary/aromatic N) is 3. The Hall–Kier alpha value is -2.54. The van der Waals surface area contributed by atoms with E-state index in [0.717, 1.165) is 11.1 Å². The fourth-order valence-electron chi connectivity index (χ4n) is 2.35. The van der Waals surface area contributed by atoms with Gasteiger partial charge in [-0.1, -0.05) is 23.4 Å². The summed E-state index contributed by atoms with van der Waals surface area (Å²) in [6, 6.07) is 10.5. The van der Waals surface area contributed by atoms with E-state index in [-0.39, 0.29) is 5.92 Å². The van der Waals surface area contributed by atoms with Gasteiger partial charge in [-0.25, -0.2) is 8.42 Å². The van der Waals surface area contributed by atoms with Crippen LogP contribution in [-0.4, -0.2) is 29.8 Å². The Morgan fingerprint density at radius 1 is 1.17 bits per heavy atom. The highest BCUT2D eigenvalue weighted by Crippen LogP contribution is 2.24. The molecule has 0 radical (unpaired) electrons. The summed E-state index contributed by atoms with van der Waals surface area (Å²) < 4.78 is 28.4. The number of rotatable bonds is 5. The van der Waals surface area contributed by atoms with Crippen LogP contribution in [0.3, 0.4) is 0 Å². The van der Waals surface area contributed by atoms with Gasteiger partial charge in [0.15, 0.2) is 15.7 Å². The fraction of sp³-hybridized carbons (Fsp3) is 0.235. The second kappa shape index (κ2) is 6.52. The first-order valence-corrected chi connectivity index (χ1v) is 9.34. The average Bonchev–Trinajstić information content (AvgIpc) is 3.03. The lowest BCUT2D eigenvalue weighted by Crippen LogP contribution is -2.00. The van der Waals surface area contributed by atoms with Gasteiger partial charge < -0.3 is 4.52 Å². The molecule has 0 aliphatic carbocycles. The predicted octanol–water partition coefficient (Wildman–Crippen LogP) is 2.61. The number of pyridine rings is 1. The summed E-state index contributed by atoms with van der Waals surface area (Å²) in [5.74, 6) is 0.979. The van der Waals surface area contributed by atoms with Crippen molar-refractivity contribution in [1.29, 1.82) is 0 Å². The molecule has 124 valence electrons. The van der Waals surface area contributed by atoms with E-state index in [0.29, 0.717) is 23.0 Å². The van der Waals surface area contributed by atoms with Crippen molar-refractivity contribution in [3.63, 3.8) is 0 Å². The largest absolute Gasteiger partial charge is 0.339 e. The quantitative estimate of drug-likeness (QED) is 0.708. The molecule has 0 spiro atoms. The maximum atomic E-state index is 11.5. The molecule has 0 aliphatic rings. The summed E-state index contributed by atoms with van der Waals surface area (Å²) in [6.07, 6.45) is 5.22. The molecule has 1 atom stereocenters. The maximum absolute atomic E-state index is 11.5. The average molecular weight is 343 g/mol. The van der Waals surface area contributed by atoms with Crippen molar-refractivity contribution in [2.45, 2.75) is 24.2 Å². The zero-order valence-corrected chi connectivity index (χ0v) is 14.2. The highest BCUT2D eigenvalue weighted by molar-refractivity contribution is 7.90. The molecule has 0 amide bonds. The minimum Gasteiger partial charge on any atom is -0.339 e. The van der Waals surface area contributed by atoms with Crippen LogP contribution >= 0.6 is 0 Å². The van der Waals surface area contributed by atoms with Crippen molar-refractivity contribution in [2.24, 2.45) is 0 Å². The number of benzene rings is 1. The van der Waals surface area contributed by atoms with E-state index in [9.17, 15) is 8.42 Å². The van der Waals surface area contributed by atoms with Crippen LogP contribution in [0, 0.1) is 0 Å². The number of aromatic nitrogens is 3. The van der Waals surface area contributed by atoms with Gasteiger partial charge in [-0.3, -0.25) is 4.98 Å². The third-order valence-electron chi connectivity index (χ3n) is 3.75. The molecule has 1 unspecified atom stereocenters. The van der Waals surface area contributed by atoms with E-state index in [1.54, 1.807) is 36.7 Å². The van der Waals surface area contributed by atoms with Crippen molar-refractivity contribution in [3.05, 3.63) is 71.6 Å². The molecule has 3 rings (SSSR count). The zero-order valence-electron chi connectivity index (χ0n) is 13.4. The van der Waals surface area contributed by atoms with Crippen molar-refractivity contribution < 1.29 is 12.9 Å². The summed E-state index contributed by atoms with van der Waals surface area (Å²) in [5.41, 5.74) is 1.92. The molecule has 0 fully saturated rings. The lowest BCUT2D eigenvalue weighted by atomic mass is 10.0. The van der Waals surface area contributed by atoms with Crippen molar-refractivity contribution >= 4 is 9.84 Å². The van der Waals surface area contributed by atoms with Crippen LogP contribution in [0.15, 0.2) is 58.2 Å². The predicted molar refractivity (Wildman–Crippen MR) is 88.4 cm³/mol. The van der Waals surface area contributed by atoms with Gasteiger partial charge in [-0.15, -0.1) is 0 Å². The third kappa shape index (κ3) is 3.68. The fourth-order valence-corrected chi connectivity index (χ4v) is 2.98. The lowest BCUT2D eigenvalue weighted by molar-refractivity contribution is 0.366. The molecule has 24 heavy (non-hydrogen) atoms. The smallest absolute Gasteiger partial charge is 0.233 e. The molecule has 0 N–H and O–H groups in total. The summed E-state index contributed by atoms with van der Waals surface area (Å²) in [4.78, 5) is 8.79. The van der Waals surface area contributed by atoms with Gasteiger partial charge in [0.1, 0.15) is 0 Å². The molecule has 0 bridgehead atoms. The van der Waals surface area contributed by atoms with Gasteiger partial charge in [0.05, 0.1) is 10.8 Å². The topological polar surface area (TPSA) is 86.0 Å². The van der Waals surface area contributed by atoms with E-state index in [1.807, 2.05) is 19.1 Å². The second-order valence-electron chi connectivity index (χ2n) is 5.65. The Kier molecular flexibility index (Phi) is 4.44. The summed E-state index contributed by atoms with van der Waals surface area (Å²) >= 11 is 0. The van der Waals surface area contributed by atoms with E-state index >= 15 is 0 Å². The maximum Gasteiger partial charge on any atom is 0.233 e. The highest BCUT2D eigenvalue weighted by Gasteiger charge is 2.17. The summed E-state index contributed by atoms with van der Waals surface area (Å²) in [6.45, 7) is 1.94. The van der Waals surface area contributed by atoms with Crippen molar-refractivity contribution in [2.75, 3.05) is 6.26 Å². The van der Waals surface area contributed by atoms with Gasteiger partial charge in [0, 0.05) is 25.1 Å². The molecule has 0 saturated carbocycles. The van der Waals surface area contributed by atoms with Crippen LogP contribution in [0.4, 0.5) is 0 Å². The summed E-state index contributed by atoms with van der Waals surface area (Å²) in [7, 11) is -3.20. The molecule has 2 heterocycles. The molecular weight excluding hydrogens is 326 g/mol. The number of hydrogen-bond acceptors (Lipinski definition) is 6. The number of hydrogen-bond donors (Lipinski definition) is 0. The molecule has 0 aliphatic heterocycles. The first-order valence-electron chi connectivity index (χ1n) is 7.45. The van der Waals surface area contributed by atoms with Gasteiger partial charge >= 0.3 is 0 Å². The van der Waals surface area contributed by atoms with Gasteiger partial charge in [-0.05, 0) is 36.2 Å². The van der Waals surface area contributed by atoms with E-state index < -0.39 is 9.84 Å². The normalized spacial score (nSPS) is 12.9. The Morgan fingerprint density at radius 2 is 1.92 bits per heavy atom. The molecule has 0 saturated heterocycles. The Labute approximate surface area is 140 Å². The first kappa shape index (κ1) is 16.3. The Morgan fingerprint density at radius 3 is 2.54 bits per heavy atom. The molecule has 3 aromatic rings. The zero-order chi connectivity index (χ0) is 17.2. The van der Waals surface area contributed by atoms with Gasteiger partial charge in [-0.2, -0.15) is 4.98 Å². The monoisotopic (exact) mass is 343 g/mol. The summed E-state index contributed by atoms with van der Waals surface area (Å²) in [5, 5.41) is 4.01. The van der Waals surface area contributed by atoms with Crippen LogP contribution in [0.2, 0.25) is 0 Å². The van der Waals surface area contributed by atoms with Gasteiger partial charge in [0.2, 0.25) is 5.89 Å². The molecule has 7 heteroatoms. The van der Waals surface area contributed by atoms with Crippen LogP contribution in [-0.2, 0) is 16.3 Å². The SMILES string of the molecule is CC(c1ccc(S(C)(=O)=O)cc1)c1nc(Cc2cccnc2)no1.